The number of nitrogens with zero attached hydrogens (tertiary/aromatic N) is 3. The van der Waals surface area contributed by atoms with Crippen molar-refractivity contribution in [3.63, 3.8) is 0 Å². The molecule has 4 rings (SSSR count). The molecule has 1 amide bonds. The Hall–Kier alpha value is -2.01. The highest BCUT2D eigenvalue weighted by Crippen LogP contribution is 2.33. The van der Waals surface area contributed by atoms with E-state index in [0.717, 1.165) is 19.5 Å². The fourth-order valence-corrected chi connectivity index (χ4v) is 5.25. The van der Waals surface area contributed by atoms with Crippen molar-refractivity contribution in [2.24, 2.45) is 11.8 Å². The average Bonchev–Trinajstić information content (AvgIpc) is 3.19. The topological polar surface area (TPSA) is 105 Å². The molecule has 6 atom stereocenters. The quantitative estimate of drug-likeness (QED) is 0.624. The van der Waals surface area contributed by atoms with Gasteiger partial charge >= 0.3 is 6.09 Å². The second-order valence-corrected chi connectivity index (χ2v) is 11.8. The fourth-order valence-electron chi connectivity index (χ4n) is 5.25. The molecule has 0 aliphatic carbocycles. The van der Waals surface area contributed by atoms with E-state index in [-0.39, 0.29) is 24.3 Å². The summed E-state index contributed by atoms with van der Waals surface area (Å²) in [4.78, 5) is 20.7. The Morgan fingerprint density at radius 1 is 1.14 bits per heavy atom. The second-order valence-electron chi connectivity index (χ2n) is 11.8. The van der Waals surface area contributed by atoms with Crippen LogP contribution >= 0.6 is 0 Å². The largest absolute Gasteiger partial charge is 0.469 e. The van der Waals surface area contributed by atoms with E-state index in [4.69, 9.17) is 14.2 Å². The van der Waals surface area contributed by atoms with Crippen molar-refractivity contribution in [2.75, 3.05) is 39.3 Å². The molecule has 3 fully saturated rings. The third-order valence-corrected chi connectivity index (χ3v) is 7.16. The summed E-state index contributed by atoms with van der Waals surface area (Å²) in [7, 11) is 0. The Bertz CT molecular complexity index is 920. The SMILES string of the molecule is CC(C)(C)OC(=O)N1CCC2CN(C[C@H]3OC[C@H](Oc4cccc(C(C)(C)F)n4)[C@@H](O)[C@H]3O)CC2C1. The molecule has 0 saturated carbocycles. The first kappa shape index (κ1) is 27.0. The molecule has 0 aromatic carbocycles. The number of carbonyl (C=O) groups is 1. The van der Waals surface area contributed by atoms with E-state index in [1.807, 2.05) is 20.8 Å². The lowest BCUT2D eigenvalue weighted by molar-refractivity contribution is -0.184. The summed E-state index contributed by atoms with van der Waals surface area (Å²) in [6, 6.07) is 4.81. The smallest absolute Gasteiger partial charge is 0.410 e. The third kappa shape index (κ3) is 6.45. The normalized spacial score (nSPS) is 31.7. The molecule has 36 heavy (non-hydrogen) atoms. The lowest BCUT2D eigenvalue weighted by Gasteiger charge is -2.38. The zero-order valence-electron chi connectivity index (χ0n) is 21.9. The standard InChI is InChI=1S/C26H40FN3O6/c1-25(2,3)36-24(33)30-10-9-16-11-29(12-17(16)13-30)14-18-22(31)23(32)19(15-34-18)35-21-8-6-7-20(28-21)26(4,5)27/h6-8,16-19,22-23,31-32H,9-15H2,1-5H3/t16?,17?,18-,19+,22+,23-/m1/s1. The Balaban J connectivity index is 1.29. The molecule has 0 radical (unpaired) electrons. The van der Waals surface area contributed by atoms with Crippen LogP contribution in [0.15, 0.2) is 18.2 Å². The number of hydrogen-bond acceptors (Lipinski definition) is 8. The van der Waals surface area contributed by atoms with E-state index in [0.29, 0.717) is 31.5 Å². The molecule has 10 heteroatoms. The minimum absolute atomic E-state index is 0.0843. The number of halogens is 1. The molecule has 1 aromatic rings. The van der Waals surface area contributed by atoms with Crippen molar-refractivity contribution >= 4 is 6.09 Å². The number of aliphatic hydroxyl groups excluding tert-OH is 2. The van der Waals surface area contributed by atoms with Gasteiger partial charge in [-0.05, 0) is 58.9 Å². The van der Waals surface area contributed by atoms with Crippen molar-refractivity contribution in [3.05, 3.63) is 23.9 Å². The number of alkyl halides is 1. The van der Waals surface area contributed by atoms with Crippen LogP contribution in [0.1, 0.15) is 46.7 Å². The maximum atomic E-state index is 14.2. The predicted molar refractivity (Wildman–Crippen MR) is 130 cm³/mol. The Kier molecular flexibility index (Phi) is 7.81. The maximum absolute atomic E-state index is 14.2. The zero-order valence-corrected chi connectivity index (χ0v) is 21.9. The summed E-state index contributed by atoms with van der Waals surface area (Å²) in [5, 5.41) is 21.5. The first-order chi connectivity index (χ1) is 16.8. The number of fused-ring (bicyclic) bond motifs is 1. The molecule has 202 valence electrons. The first-order valence-electron chi connectivity index (χ1n) is 12.8. The van der Waals surface area contributed by atoms with E-state index < -0.39 is 35.7 Å². The van der Waals surface area contributed by atoms with Gasteiger partial charge in [-0.3, -0.25) is 0 Å². The number of pyridine rings is 1. The van der Waals surface area contributed by atoms with Gasteiger partial charge in [0.25, 0.3) is 0 Å². The molecule has 0 bridgehead atoms. The number of aliphatic hydroxyl groups is 2. The molecular weight excluding hydrogens is 469 g/mol. The number of amides is 1. The minimum Gasteiger partial charge on any atom is -0.469 e. The van der Waals surface area contributed by atoms with E-state index in [1.165, 1.54) is 13.8 Å². The summed E-state index contributed by atoms with van der Waals surface area (Å²) < 4.78 is 31.4. The van der Waals surface area contributed by atoms with Gasteiger partial charge in [-0.2, -0.15) is 0 Å². The summed E-state index contributed by atoms with van der Waals surface area (Å²) in [5.41, 5.74) is -1.91. The third-order valence-electron chi connectivity index (χ3n) is 7.16. The Labute approximate surface area is 212 Å². The van der Waals surface area contributed by atoms with Crippen molar-refractivity contribution in [1.29, 1.82) is 0 Å². The van der Waals surface area contributed by atoms with Gasteiger partial charge in [0.1, 0.15) is 23.5 Å². The molecule has 2 unspecified atom stereocenters. The average molecular weight is 510 g/mol. The van der Waals surface area contributed by atoms with Crippen LogP contribution in [0.4, 0.5) is 9.18 Å². The zero-order chi connectivity index (χ0) is 26.3. The molecule has 1 aromatic heterocycles. The molecule has 2 N–H and O–H groups in total. The van der Waals surface area contributed by atoms with E-state index >= 15 is 0 Å². The number of likely N-dealkylation sites (tertiary alicyclic amines) is 2. The van der Waals surface area contributed by atoms with Gasteiger partial charge in [0.15, 0.2) is 6.10 Å². The van der Waals surface area contributed by atoms with Crippen LogP contribution in [0.25, 0.3) is 0 Å². The molecular formula is C26H40FN3O6. The number of carbonyl (C=O) groups excluding carboxylic acids is 1. The molecule has 9 nitrogen and oxygen atoms in total. The molecule has 3 saturated heterocycles. The van der Waals surface area contributed by atoms with Crippen LogP contribution in [0, 0.1) is 11.8 Å². The Morgan fingerprint density at radius 3 is 2.56 bits per heavy atom. The van der Waals surface area contributed by atoms with E-state index in [2.05, 4.69) is 9.88 Å². The van der Waals surface area contributed by atoms with Crippen LogP contribution < -0.4 is 4.74 Å². The maximum Gasteiger partial charge on any atom is 0.410 e. The van der Waals surface area contributed by atoms with Gasteiger partial charge in [-0.25, -0.2) is 14.2 Å². The lowest BCUT2D eigenvalue weighted by Crippen LogP contribution is -2.57. The number of rotatable bonds is 5. The summed E-state index contributed by atoms with van der Waals surface area (Å²) in [6.45, 7) is 12.0. The van der Waals surface area contributed by atoms with E-state index in [1.54, 1.807) is 23.1 Å². The summed E-state index contributed by atoms with van der Waals surface area (Å²) in [6.07, 6.45) is -3.04. The number of piperidine rings is 1. The van der Waals surface area contributed by atoms with Gasteiger partial charge in [-0.1, -0.05) is 6.07 Å². The highest BCUT2D eigenvalue weighted by atomic mass is 19.1. The van der Waals surface area contributed by atoms with Crippen LogP contribution in [0.2, 0.25) is 0 Å². The molecule has 3 aliphatic heterocycles. The van der Waals surface area contributed by atoms with Gasteiger partial charge in [0, 0.05) is 38.8 Å². The van der Waals surface area contributed by atoms with Crippen LogP contribution in [0.3, 0.4) is 0 Å². The van der Waals surface area contributed by atoms with E-state index in [9.17, 15) is 19.4 Å². The predicted octanol–water partition coefficient (Wildman–Crippen LogP) is 2.34. The highest BCUT2D eigenvalue weighted by Gasteiger charge is 2.44. The first-order valence-corrected chi connectivity index (χ1v) is 12.8. The molecule has 4 heterocycles. The van der Waals surface area contributed by atoms with Gasteiger partial charge in [-0.15, -0.1) is 0 Å². The summed E-state index contributed by atoms with van der Waals surface area (Å²) in [5.74, 6) is 0.990. The van der Waals surface area contributed by atoms with Gasteiger partial charge < -0.3 is 34.2 Å². The molecule has 3 aliphatic rings. The van der Waals surface area contributed by atoms with Gasteiger partial charge in [0.05, 0.1) is 18.4 Å². The number of aromatic nitrogens is 1. The molecule has 0 spiro atoms. The number of ether oxygens (including phenoxy) is 3. The monoisotopic (exact) mass is 509 g/mol. The second kappa shape index (κ2) is 10.4. The lowest BCUT2D eigenvalue weighted by atomic mass is 9.89. The number of hydrogen-bond donors (Lipinski definition) is 2. The van der Waals surface area contributed by atoms with Crippen LogP contribution in [0.5, 0.6) is 5.88 Å². The fraction of sp³-hybridized carbons (Fsp3) is 0.769. The van der Waals surface area contributed by atoms with Crippen molar-refractivity contribution < 1.29 is 33.6 Å². The summed E-state index contributed by atoms with van der Waals surface area (Å²) >= 11 is 0. The van der Waals surface area contributed by atoms with Crippen molar-refractivity contribution in [1.82, 2.24) is 14.8 Å². The van der Waals surface area contributed by atoms with Crippen molar-refractivity contribution in [2.45, 2.75) is 76.7 Å². The Morgan fingerprint density at radius 2 is 1.86 bits per heavy atom. The highest BCUT2D eigenvalue weighted by molar-refractivity contribution is 5.68. The van der Waals surface area contributed by atoms with Crippen molar-refractivity contribution in [3.8, 4) is 5.88 Å². The van der Waals surface area contributed by atoms with Gasteiger partial charge in [0.2, 0.25) is 5.88 Å². The minimum atomic E-state index is -1.62. The van der Waals surface area contributed by atoms with Crippen LogP contribution in [-0.4, -0.2) is 100 Å². The van der Waals surface area contributed by atoms with Crippen LogP contribution in [-0.2, 0) is 15.1 Å².